The molecular formula is C6H9NO2. The highest BCUT2D eigenvalue weighted by molar-refractivity contribution is 5.71. The predicted octanol–water partition coefficient (Wildman–Crippen LogP) is 1.43. The molecule has 0 spiro atoms. The van der Waals surface area contributed by atoms with E-state index in [1.807, 2.05) is 0 Å². The van der Waals surface area contributed by atoms with E-state index in [9.17, 15) is 4.79 Å². The van der Waals surface area contributed by atoms with Crippen molar-refractivity contribution in [1.29, 1.82) is 0 Å². The molecule has 9 heavy (non-hydrogen) atoms. The Morgan fingerprint density at radius 3 is 2.67 bits per heavy atom. The summed E-state index contributed by atoms with van der Waals surface area (Å²) in [5.41, 5.74) is 0.639. The summed E-state index contributed by atoms with van der Waals surface area (Å²) in [6.07, 6.45) is 1.89. The van der Waals surface area contributed by atoms with Crippen molar-refractivity contribution >= 4 is 6.29 Å². The molecule has 0 unspecified atom stereocenters. The zero-order valence-electron chi connectivity index (χ0n) is 4.42. The third-order valence-electron chi connectivity index (χ3n) is 0.890. The molecular weight excluding hydrogens is 118 g/mol. The Morgan fingerprint density at radius 2 is 2.44 bits per heavy atom. The van der Waals surface area contributed by atoms with Crippen molar-refractivity contribution in [2.24, 2.45) is 0 Å². The van der Waals surface area contributed by atoms with Crippen LogP contribution in [0.1, 0.15) is 23.7 Å². The van der Waals surface area contributed by atoms with Crippen LogP contribution in [0.5, 0.6) is 0 Å². The molecule has 0 aliphatic carbocycles. The van der Waals surface area contributed by atoms with Crippen LogP contribution in [0.15, 0.2) is 10.8 Å². The molecule has 0 bridgehead atoms. The maximum atomic E-state index is 9.95. The minimum absolute atomic E-state index is 0. The van der Waals surface area contributed by atoms with Gasteiger partial charge in [-0.05, 0) is 6.92 Å². The average molecular weight is 127 g/mol. The second kappa shape index (κ2) is 3.02. The lowest BCUT2D eigenvalue weighted by molar-refractivity contribution is 0.110. The molecule has 0 saturated carbocycles. The van der Waals surface area contributed by atoms with Crippen LogP contribution in [0.25, 0.3) is 0 Å². The van der Waals surface area contributed by atoms with Crippen LogP contribution in [-0.2, 0) is 0 Å². The van der Waals surface area contributed by atoms with Gasteiger partial charge in [-0.15, -0.1) is 0 Å². The molecule has 1 aromatic heterocycles. The second-order valence-electron chi connectivity index (χ2n) is 1.42. The Hall–Kier alpha value is -1.12. The fraction of sp³-hybridized carbons (Fsp3) is 0.333. The van der Waals surface area contributed by atoms with E-state index in [2.05, 4.69) is 9.40 Å². The van der Waals surface area contributed by atoms with Crippen LogP contribution >= 0.6 is 0 Å². The molecule has 0 aromatic carbocycles. The number of hydrogen-bond donors (Lipinski definition) is 0. The Morgan fingerprint density at radius 1 is 1.78 bits per heavy atom. The molecule has 1 heterocycles. The van der Waals surface area contributed by atoms with E-state index < -0.39 is 0 Å². The summed E-state index contributed by atoms with van der Waals surface area (Å²) in [6.45, 7) is 1.72. The van der Waals surface area contributed by atoms with Crippen molar-refractivity contribution < 1.29 is 9.21 Å². The number of hydrogen-bond acceptors (Lipinski definition) is 3. The Kier molecular flexibility index (Phi) is 2.64. The van der Waals surface area contributed by atoms with Gasteiger partial charge < -0.3 is 4.42 Å². The maximum absolute atomic E-state index is 9.95. The first-order chi connectivity index (χ1) is 3.84. The largest absolute Gasteiger partial charge is 0.440 e. The van der Waals surface area contributed by atoms with E-state index in [0.717, 1.165) is 0 Å². The fourth-order valence-corrected chi connectivity index (χ4v) is 0.424. The summed E-state index contributed by atoms with van der Waals surface area (Å²) in [6, 6.07) is 0. The van der Waals surface area contributed by atoms with Crippen molar-refractivity contribution in [1.82, 2.24) is 4.98 Å². The molecule has 0 fully saturated rings. The van der Waals surface area contributed by atoms with E-state index in [4.69, 9.17) is 0 Å². The van der Waals surface area contributed by atoms with Crippen molar-refractivity contribution in [3.05, 3.63) is 17.8 Å². The van der Waals surface area contributed by atoms with Gasteiger partial charge in [0.25, 0.3) is 0 Å². The van der Waals surface area contributed by atoms with Crippen molar-refractivity contribution in [3.63, 3.8) is 0 Å². The van der Waals surface area contributed by atoms with Crippen LogP contribution in [0, 0.1) is 6.92 Å². The van der Waals surface area contributed by atoms with Gasteiger partial charge in [-0.2, -0.15) is 0 Å². The van der Waals surface area contributed by atoms with E-state index >= 15 is 0 Å². The first-order valence-corrected chi connectivity index (χ1v) is 2.20. The van der Waals surface area contributed by atoms with Gasteiger partial charge in [0.1, 0.15) is 0 Å². The molecule has 0 N–H and O–H groups in total. The topological polar surface area (TPSA) is 43.1 Å². The number of rotatable bonds is 1. The highest BCUT2D eigenvalue weighted by atomic mass is 16.3. The smallest absolute Gasteiger partial charge is 0.189 e. The number of carbonyl (C=O) groups is 1. The second-order valence-corrected chi connectivity index (χ2v) is 1.42. The van der Waals surface area contributed by atoms with Crippen molar-refractivity contribution in [2.45, 2.75) is 14.4 Å². The molecule has 3 nitrogen and oxygen atoms in total. The van der Waals surface area contributed by atoms with Gasteiger partial charge in [-0.25, -0.2) is 4.98 Å². The number of oxazole rings is 1. The van der Waals surface area contributed by atoms with Gasteiger partial charge in [0.2, 0.25) is 0 Å². The van der Waals surface area contributed by atoms with Crippen LogP contribution in [-0.4, -0.2) is 11.3 Å². The maximum Gasteiger partial charge on any atom is 0.189 e. The fourth-order valence-electron chi connectivity index (χ4n) is 0.424. The summed E-state index contributed by atoms with van der Waals surface area (Å²) in [4.78, 5) is 13.6. The molecule has 0 saturated heterocycles. The Bertz CT molecular complexity index is 193. The van der Waals surface area contributed by atoms with Gasteiger partial charge in [0.15, 0.2) is 18.4 Å². The standard InChI is InChI=1S/C5H5NO2.CH4/c1-4-5(2-7)8-3-6-4;/h2-3H,1H3;1H4. The van der Waals surface area contributed by atoms with Gasteiger partial charge >= 0.3 is 0 Å². The predicted molar refractivity (Wildman–Crippen MR) is 33.4 cm³/mol. The molecule has 0 aliphatic heterocycles. The Labute approximate surface area is 53.7 Å². The minimum Gasteiger partial charge on any atom is -0.440 e. The highest BCUT2D eigenvalue weighted by Gasteiger charge is 1.97. The monoisotopic (exact) mass is 127 g/mol. The number of aromatic nitrogens is 1. The zero-order chi connectivity index (χ0) is 5.98. The Balaban J connectivity index is 0.000000640. The summed E-state index contributed by atoms with van der Waals surface area (Å²) < 4.78 is 4.63. The van der Waals surface area contributed by atoms with Crippen molar-refractivity contribution in [3.8, 4) is 0 Å². The highest BCUT2D eigenvalue weighted by Crippen LogP contribution is 1.98. The number of aryl methyl sites for hydroxylation is 1. The summed E-state index contributed by atoms with van der Waals surface area (Å²) in [5.74, 6) is 0.310. The normalized spacial score (nSPS) is 8.11. The number of carbonyl (C=O) groups excluding carboxylic acids is 1. The number of aldehydes is 1. The van der Waals surface area contributed by atoms with Crippen LogP contribution < -0.4 is 0 Å². The van der Waals surface area contributed by atoms with Crippen molar-refractivity contribution in [2.75, 3.05) is 0 Å². The molecule has 50 valence electrons. The van der Waals surface area contributed by atoms with E-state index in [0.29, 0.717) is 17.7 Å². The third kappa shape index (κ3) is 1.38. The van der Waals surface area contributed by atoms with Crippen LogP contribution in [0.2, 0.25) is 0 Å². The van der Waals surface area contributed by atoms with E-state index in [1.54, 1.807) is 6.92 Å². The van der Waals surface area contributed by atoms with E-state index in [1.165, 1.54) is 6.39 Å². The van der Waals surface area contributed by atoms with Gasteiger partial charge in [0.05, 0.1) is 5.69 Å². The van der Waals surface area contributed by atoms with Crippen LogP contribution in [0.3, 0.4) is 0 Å². The van der Waals surface area contributed by atoms with Gasteiger partial charge in [-0.3, -0.25) is 4.79 Å². The summed E-state index contributed by atoms with van der Waals surface area (Å²) >= 11 is 0. The van der Waals surface area contributed by atoms with Crippen LogP contribution in [0.4, 0.5) is 0 Å². The summed E-state index contributed by atoms with van der Waals surface area (Å²) in [7, 11) is 0. The molecule has 0 atom stereocenters. The van der Waals surface area contributed by atoms with Gasteiger partial charge in [0, 0.05) is 0 Å². The SMILES string of the molecule is C.Cc1ncoc1C=O. The lowest BCUT2D eigenvalue weighted by atomic mass is 10.4. The summed E-state index contributed by atoms with van der Waals surface area (Å²) in [5, 5.41) is 0. The molecule has 0 radical (unpaired) electrons. The molecule has 3 heteroatoms. The lowest BCUT2D eigenvalue weighted by Crippen LogP contribution is -1.77. The molecule has 0 aliphatic rings. The molecule has 0 amide bonds. The number of nitrogens with zero attached hydrogens (tertiary/aromatic N) is 1. The first kappa shape index (κ1) is 7.88. The van der Waals surface area contributed by atoms with Gasteiger partial charge in [-0.1, -0.05) is 7.43 Å². The molecule has 1 aromatic rings. The molecule has 1 rings (SSSR count). The van der Waals surface area contributed by atoms with E-state index in [-0.39, 0.29) is 7.43 Å². The zero-order valence-corrected chi connectivity index (χ0v) is 4.42. The lowest BCUT2D eigenvalue weighted by Gasteiger charge is -1.75. The third-order valence-corrected chi connectivity index (χ3v) is 0.890. The average Bonchev–Trinajstić information content (AvgIpc) is 2.14. The minimum atomic E-state index is 0. The first-order valence-electron chi connectivity index (χ1n) is 2.20. The quantitative estimate of drug-likeness (QED) is 0.536.